The lowest BCUT2D eigenvalue weighted by molar-refractivity contribution is 0.666. The first-order valence-corrected chi connectivity index (χ1v) is 7.05. The van der Waals surface area contributed by atoms with Gasteiger partial charge in [0, 0.05) is 12.7 Å². The molecule has 0 saturated heterocycles. The summed E-state index contributed by atoms with van der Waals surface area (Å²) in [4.78, 5) is 0. The van der Waals surface area contributed by atoms with Crippen LogP contribution >= 0.6 is 0 Å². The Morgan fingerprint density at radius 2 is 2.11 bits per heavy atom. The Morgan fingerprint density at radius 1 is 1.39 bits per heavy atom. The van der Waals surface area contributed by atoms with Gasteiger partial charge in [-0.15, -0.1) is 0 Å². The van der Waals surface area contributed by atoms with Gasteiger partial charge in [0.25, 0.3) is 0 Å². The van der Waals surface area contributed by atoms with E-state index in [0.717, 1.165) is 19.3 Å². The van der Waals surface area contributed by atoms with E-state index in [2.05, 4.69) is 44.0 Å². The average molecular weight is 243 g/mol. The van der Waals surface area contributed by atoms with Crippen LogP contribution in [0, 0.1) is 5.41 Å². The van der Waals surface area contributed by atoms with Gasteiger partial charge >= 0.3 is 0 Å². The van der Waals surface area contributed by atoms with Crippen molar-refractivity contribution in [2.45, 2.75) is 46.0 Å². The second kappa shape index (κ2) is 5.17. The summed E-state index contributed by atoms with van der Waals surface area (Å²) in [5, 5.41) is 3.35. The van der Waals surface area contributed by atoms with Gasteiger partial charge in [-0.3, -0.25) is 0 Å². The van der Waals surface area contributed by atoms with Crippen molar-refractivity contribution >= 4 is 0 Å². The molecule has 0 aromatic rings. The highest BCUT2D eigenvalue weighted by Crippen LogP contribution is 2.52. The molecular weight excluding hydrogens is 218 g/mol. The second-order valence-corrected chi connectivity index (χ2v) is 5.75. The Bertz CT molecular complexity index is 431. The number of nitrogens with one attached hydrogen (secondary N) is 1. The molecule has 0 unspecified atom stereocenters. The highest BCUT2D eigenvalue weighted by Gasteiger charge is 2.39. The van der Waals surface area contributed by atoms with Crippen LogP contribution in [0.4, 0.5) is 0 Å². The SMILES string of the molecule is C=C(CC1=CCC=C(CC)C=C1NC)C1(C)CC1. The molecule has 1 nitrogen and oxygen atoms in total. The van der Waals surface area contributed by atoms with Crippen LogP contribution in [-0.4, -0.2) is 7.05 Å². The van der Waals surface area contributed by atoms with Crippen LogP contribution < -0.4 is 5.32 Å². The van der Waals surface area contributed by atoms with Gasteiger partial charge in [-0.25, -0.2) is 0 Å². The zero-order chi connectivity index (χ0) is 13.2. The lowest BCUT2D eigenvalue weighted by atomic mass is 9.91. The highest BCUT2D eigenvalue weighted by atomic mass is 14.8. The molecule has 1 N–H and O–H groups in total. The van der Waals surface area contributed by atoms with E-state index in [-0.39, 0.29) is 0 Å². The summed E-state index contributed by atoms with van der Waals surface area (Å²) in [5.74, 6) is 0. The van der Waals surface area contributed by atoms with Gasteiger partial charge in [-0.2, -0.15) is 0 Å². The van der Waals surface area contributed by atoms with Gasteiger partial charge in [-0.1, -0.05) is 38.2 Å². The van der Waals surface area contributed by atoms with Crippen LogP contribution in [0.3, 0.4) is 0 Å². The molecule has 1 saturated carbocycles. The van der Waals surface area contributed by atoms with Crippen molar-refractivity contribution < 1.29 is 0 Å². The second-order valence-electron chi connectivity index (χ2n) is 5.75. The van der Waals surface area contributed by atoms with Crippen molar-refractivity contribution in [1.82, 2.24) is 5.32 Å². The van der Waals surface area contributed by atoms with Crippen molar-refractivity contribution in [2.75, 3.05) is 7.05 Å². The summed E-state index contributed by atoms with van der Waals surface area (Å²) in [5.41, 5.74) is 5.93. The first kappa shape index (κ1) is 13.2. The molecule has 18 heavy (non-hydrogen) atoms. The van der Waals surface area contributed by atoms with E-state index in [9.17, 15) is 0 Å². The number of hydrogen-bond acceptors (Lipinski definition) is 1. The minimum Gasteiger partial charge on any atom is -0.388 e. The van der Waals surface area contributed by atoms with Crippen molar-refractivity contribution in [2.24, 2.45) is 5.41 Å². The van der Waals surface area contributed by atoms with Crippen LogP contribution in [0.15, 0.2) is 47.2 Å². The van der Waals surface area contributed by atoms with E-state index >= 15 is 0 Å². The maximum Gasteiger partial charge on any atom is 0.0372 e. The van der Waals surface area contributed by atoms with Crippen LogP contribution in [0.5, 0.6) is 0 Å². The van der Waals surface area contributed by atoms with Gasteiger partial charge in [-0.05, 0) is 54.7 Å². The molecule has 0 radical (unpaired) electrons. The summed E-state index contributed by atoms with van der Waals surface area (Å²) in [6.45, 7) is 8.86. The van der Waals surface area contributed by atoms with Crippen molar-refractivity contribution in [3.8, 4) is 0 Å². The standard InChI is InChI=1S/C17H25N/c1-5-14-7-6-8-15(16(12-14)18-4)11-13(2)17(3)9-10-17/h7-8,12,18H,2,5-6,9-11H2,1,3-4H3. The topological polar surface area (TPSA) is 12.0 Å². The number of hydrogen-bond donors (Lipinski definition) is 1. The predicted molar refractivity (Wildman–Crippen MR) is 79.3 cm³/mol. The molecule has 0 aliphatic heterocycles. The van der Waals surface area contributed by atoms with E-state index in [0.29, 0.717) is 5.41 Å². The molecule has 0 heterocycles. The third-order valence-corrected chi connectivity index (χ3v) is 4.35. The van der Waals surface area contributed by atoms with Crippen molar-refractivity contribution in [3.63, 3.8) is 0 Å². The summed E-state index contributed by atoms with van der Waals surface area (Å²) < 4.78 is 0. The minimum atomic E-state index is 0.424. The maximum atomic E-state index is 4.31. The lowest BCUT2D eigenvalue weighted by Crippen LogP contribution is -2.10. The molecule has 0 spiro atoms. The average Bonchev–Trinajstić information content (AvgIpc) is 3.13. The Morgan fingerprint density at radius 3 is 2.67 bits per heavy atom. The monoisotopic (exact) mass is 243 g/mol. The van der Waals surface area contributed by atoms with Crippen LogP contribution in [0.1, 0.15) is 46.0 Å². The maximum absolute atomic E-state index is 4.31. The van der Waals surface area contributed by atoms with Crippen molar-refractivity contribution in [1.29, 1.82) is 0 Å². The lowest BCUT2D eigenvalue weighted by Gasteiger charge is -2.17. The van der Waals surface area contributed by atoms with Crippen molar-refractivity contribution in [3.05, 3.63) is 47.2 Å². The fraction of sp³-hybridized carbons (Fsp3) is 0.529. The molecule has 0 aromatic heterocycles. The summed E-state index contributed by atoms with van der Waals surface area (Å²) in [6.07, 6.45) is 12.8. The van der Waals surface area contributed by atoms with Crippen LogP contribution in [0.25, 0.3) is 0 Å². The first-order chi connectivity index (χ1) is 8.59. The zero-order valence-corrected chi connectivity index (χ0v) is 12.0. The molecular formula is C17H25N. The molecule has 0 aromatic carbocycles. The van der Waals surface area contributed by atoms with Gasteiger partial charge in [0.1, 0.15) is 0 Å². The van der Waals surface area contributed by atoms with Crippen LogP contribution in [0.2, 0.25) is 0 Å². The number of likely N-dealkylation sites (N-methyl/N-ethyl adjacent to an activating group) is 1. The fourth-order valence-electron chi connectivity index (χ4n) is 2.43. The van der Waals surface area contributed by atoms with Gasteiger partial charge in [0.05, 0.1) is 0 Å². The van der Waals surface area contributed by atoms with Gasteiger partial charge < -0.3 is 5.32 Å². The summed E-state index contributed by atoms with van der Waals surface area (Å²) in [7, 11) is 2.01. The predicted octanol–water partition coefficient (Wildman–Crippen LogP) is 4.50. The number of allylic oxidation sites excluding steroid dienone is 6. The molecule has 0 bridgehead atoms. The highest BCUT2D eigenvalue weighted by molar-refractivity contribution is 5.42. The Balaban J connectivity index is 2.12. The van der Waals surface area contributed by atoms with E-state index < -0.39 is 0 Å². The Labute approximate surface area is 111 Å². The van der Waals surface area contributed by atoms with E-state index in [4.69, 9.17) is 0 Å². The smallest absolute Gasteiger partial charge is 0.0372 e. The fourth-order valence-corrected chi connectivity index (χ4v) is 2.43. The molecule has 98 valence electrons. The largest absolute Gasteiger partial charge is 0.388 e. The van der Waals surface area contributed by atoms with Gasteiger partial charge in [0.15, 0.2) is 0 Å². The summed E-state index contributed by atoms with van der Waals surface area (Å²) in [6, 6.07) is 0. The molecule has 2 aliphatic rings. The first-order valence-electron chi connectivity index (χ1n) is 7.05. The molecule has 2 aliphatic carbocycles. The van der Waals surface area contributed by atoms with E-state index in [1.165, 1.54) is 35.3 Å². The molecule has 0 amide bonds. The Hall–Kier alpha value is -1.24. The molecule has 2 rings (SSSR count). The van der Waals surface area contributed by atoms with Crippen LogP contribution in [-0.2, 0) is 0 Å². The molecule has 1 fully saturated rings. The third kappa shape index (κ3) is 2.77. The quantitative estimate of drug-likeness (QED) is 0.701. The van der Waals surface area contributed by atoms with E-state index in [1.807, 2.05) is 7.05 Å². The summed E-state index contributed by atoms with van der Waals surface area (Å²) >= 11 is 0. The Kier molecular flexibility index (Phi) is 3.79. The third-order valence-electron chi connectivity index (χ3n) is 4.35. The minimum absolute atomic E-state index is 0.424. The number of rotatable bonds is 5. The van der Waals surface area contributed by atoms with E-state index in [1.54, 1.807) is 0 Å². The van der Waals surface area contributed by atoms with Gasteiger partial charge in [0.2, 0.25) is 0 Å². The molecule has 1 heteroatoms. The zero-order valence-electron chi connectivity index (χ0n) is 12.0. The molecule has 0 atom stereocenters. The normalized spacial score (nSPS) is 21.4.